The van der Waals surface area contributed by atoms with Gasteiger partial charge in [-0.15, -0.1) is 23.1 Å². The Morgan fingerprint density at radius 2 is 2.07 bits per heavy atom. The minimum absolute atomic E-state index is 0.178. The third kappa shape index (κ3) is 2.26. The molecule has 2 nitrogen and oxygen atoms in total. The van der Waals surface area contributed by atoms with Crippen molar-refractivity contribution in [2.45, 2.75) is 30.4 Å². The van der Waals surface area contributed by atoms with Gasteiger partial charge in [0, 0.05) is 9.64 Å². The SMILES string of the molecule is CC(C)(C)Sc1ccc2scnc2c1N. The minimum atomic E-state index is 0.178. The van der Waals surface area contributed by atoms with Crippen molar-refractivity contribution < 1.29 is 0 Å². The molecule has 1 aromatic heterocycles. The van der Waals surface area contributed by atoms with E-state index in [0.717, 1.165) is 20.8 Å². The molecule has 0 amide bonds. The largest absolute Gasteiger partial charge is 0.396 e. The number of hydrogen-bond acceptors (Lipinski definition) is 4. The van der Waals surface area contributed by atoms with Crippen LogP contribution in [0.4, 0.5) is 5.69 Å². The summed E-state index contributed by atoms with van der Waals surface area (Å²) in [4.78, 5) is 5.41. The molecule has 0 fully saturated rings. The van der Waals surface area contributed by atoms with Crippen molar-refractivity contribution in [2.24, 2.45) is 0 Å². The second-order valence-electron chi connectivity index (χ2n) is 4.39. The summed E-state index contributed by atoms with van der Waals surface area (Å²) < 4.78 is 1.34. The molecule has 1 heterocycles. The summed E-state index contributed by atoms with van der Waals surface area (Å²) in [5.74, 6) is 0. The van der Waals surface area contributed by atoms with Gasteiger partial charge in [-0.25, -0.2) is 4.98 Å². The highest BCUT2D eigenvalue weighted by Gasteiger charge is 2.15. The predicted molar refractivity (Wildman–Crippen MR) is 69.6 cm³/mol. The standard InChI is InChI=1S/C11H14N2S2/c1-11(2,3)15-7-4-5-8-10(9(7)12)13-6-14-8/h4-6H,12H2,1-3H3. The number of nitrogens with two attached hydrogens (primary N) is 1. The molecule has 0 saturated heterocycles. The van der Waals surface area contributed by atoms with Crippen LogP contribution in [-0.2, 0) is 0 Å². The van der Waals surface area contributed by atoms with Crippen molar-refractivity contribution in [3.05, 3.63) is 17.6 Å². The topological polar surface area (TPSA) is 38.9 Å². The number of fused-ring (bicyclic) bond motifs is 1. The average molecular weight is 238 g/mol. The van der Waals surface area contributed by atoms with Crippen LogP contribution in [0.3, 0.4) is 0 Å². The maximum Gasteiger partial charge on any atom is 0.105 e. The summed E-state index contributed by atoms with van der Waals surface area (Å²) >= 11 is 3.41. The Hall–Kier alpha value is -0.740. The van der Waals surface area contributed by atoms with Gasteiger partial charge in [0.25, 0.3) is 0 Å². The van der Waals surface area contributed by atoms with Crippen LogP contribution >= 0.6 is 23.1 Å². The highest BCUT2D eigenvalue weighted by atomic mass is 32.2. The van der Waals surface area contributed by atoms with Crippen molar-refractivity contribution in [1.29, 1.82) is 0 Å². The van der Waals surface area contributed by atoms with Crippen molar-refractivity contribution in [1.82, 2.24) is 4.98 Å². The van der Waals surface area contributed by atoms with Crippen molar-refractivity contribution in [2.75, 3.05) is 5.73 Å². The zero-order chi connectivity index (χ0) is 11.1. The number of thiazole rings is 1. The Kier molecular flexibility index (Phi) is 2.64. The fourth-order valence-electron chi connectivity index (χ4n) is 1.35. The van der Waals surface area contributed by atoms with E-state index in [1.807, 2.05) is 5.51 Å². The summed E-state index contributed by atoms with van der Waals surface area (Å²) in [6, 6.07) is 4.18. The quantitative estimate of drug-likeness (QED) is 0.607. The summed E-state index contributed by atoms with van der Waals surface area (Å²) in [7, 11) is 0. The van der Waals surface area contributed by atoms with Gasteiger partial charge in [-0.1, -0.05) is 20.8 Å². The second-order valence-corrected chi connectivity index (χ2v) is 7.15. The maximum atomic E-state index is 6.09. The molecule has 2 rings (SSSR count). The zero-order valence-corrected chi connectivity index (χ0v) is 10.7. The third-order valence-electron chi connectivity index (χ3n) is 1.92. The molecule has 4 heteroatoms. The van der Waals surface area contributed by atoms with E-state index >= 15 is 0 Å². The highest BCUT2D eigenvalue weighted by Crippen LogP contribution is 2.38. The lowest BCUT2D eigenvalue weighted by Gasteiger charge is -2.18. The van der Waals surface area contributed by atoms with E-state index in [1.54, 1.807) is 23.1 Å². The Bertz CT molecular complexity index is 483. The monoisotopic (exact) mass is 238 g/mol. The number of aromatic nitrogens is 1. The highest BCUT2D eigenvalue weighted by molar-refractivity contribution is 8.00. The van der Waals surface area contributed by atoms with E-state index in [9.17, 15) is 0 Å². The fourth-order valence-corrected chi connectivity index (χ4v) is 3.05. The maximum absolute atomic E-state index is 6.09. The molecule has 80 valence electrons. The summed E-state index contributed by atoms with van der Waals surface area (Å²) in [6.07, 6.45) is 0. The van der Waals surface area contributed by atoms with Crippen LogP contribution in [0.15, 0.2) is 22.5 Å². The van der Waals surface area contributed by atoms with E-state index in [1.165, 1.54) is 0 Å². The van der Waals surface area contributed by atoms with Crippen LogP contribution in [0.2, 0.25) is 0 Å². The molecular weight excluding hydrogens is 224 g/mol. The number of nitrogens with zero attached hydrogens (tertiary/aromatic N) is 1. The van der Waals surface area contributed by atoms with E-state index in [0.29, 0.717) is 0 Å². The zero-order valence-electron chi connectivity index (χ0n) is 9.07. The normalized spacial score (nSPS) is 12.2. The molecule has 0 spiro atoms. The predicted octanol–water partition coefficient (Wildman–Crippen LogP) is 3.77. The van der Waals surface area contributed by atoms with Gasteiger partial charge in [-0.3, -0.25) is 0 Å². The van der Waals surface area contributed by atoms with Crippen LogP contribution in [0.25, 0.3) is 10.2 Å². The molecule has 0 aliphatic heterocycles. The number of anilines is 1. The van der Waals surface area contributed by atoms with Crippen LogP contribution in [0.5, 0.6) is 0 Å². The molecule has 1 aromatic carbocycles. The van der Waals surface area contributed by atoms with Gasteiger partial charge in [0.1, 0.15) is 5.52 Å². The number of benzene rings is 1. The summed E-state index contributed by atoms with van der Waals surface area (Å²) in [5, 5.41) is 0. The minimum Gasteiger partial charge on any atom is -0.396 e. The molecule has 0 unspecified atom stereocenters. The Morgan fingerprint density at radius 3 is 2.73 bits per heavy atom. The average Bonchev–Trinajstić information content (AvgIpc) is 2.56. The molecule has 0 atom stereocenters. The second kappa shape index (κ2) is 3.68. The Balaban J connectivity index is 2.48. The summed E-state index contributed by atoms with van der Waals surface area (Å²) in [6.45, 7) is 6.55. The van der Waals surface area contributed by atoms with E-state index in [2.05, 4.69) is 37.9 Å². The van der Waals surface area contributed by atoms with Crippen molar-refractivity contribution in [3.8, 4) is 0 Å². The van der Waals surface area contributed by atoms with Gasteiger partial charge in [0.15, 0.2) is 0 Å². The molecule has 0 aliphatic rings. The van der Waals surface area contributed by atoms with Crippen LogP contribution in [-0.4, -0.2) is 9.73 Å². The van der Waals surface area contributed by atoms with Gasteiger partial charge in [0.05, 0.1) is 15.9 Å². The van der Waals surface area contributed by atoms with Gasteiger partial charge < -0.3 is 5.73 Å². The number of hydrogen-bond donors (Lipinski definition) is 1. The van der Waals surface area contributed by atoms with Crippen LogP contribution in [0.1, 0.15) is 20.8 Å². The molecule has 2 aromatic rings. The third-order valence-corrected chi connectivity index (χ3v) is 3.90. The first-order chi connectivity index (χ1) is 6.97. The first kappa shape index (κ1) is 10.8. The first-order valence-corrected chi connectivity index (χ1v) is 6.48. The van der Waals surface area contributed by atoms with E-state index in [-0.39, 0.29) is 4.75 Å². The number of thioether (sulfide) groups is 1. The Labute approximate surface area is 97.9 Å². The summed E-state index contributed by atoms with van der Waals surface area (Å²) in [5.41, 5.74) is 9.69. The fraction of sp³-hybridized carbons (Fsp3) is 0.364. The molecule has 15 heavy (non-hydrogen) atoms. The molecule has 0 saturated carbocycles. The number of rotatable bonds is 1. The Morgan fingerprint density at radius 1 is 1.33 bits per heavy atom. The van der Waals surface area contributed by atoms with Gasteiger partial charge in [0.2, 0.25) is 0 Å². The lowest BCUT2D eigenvalue weighted by molar-refractivity contribution is 0.803. The van der Waals surface area contributed by atoms with Crippen LogP contribution < -0.4 is 5.73 Å². The smallest absolute Gasteiger partial charge is 0.105 e. The molecule has 0 bridgehead atoms. The molecule has 0 aliphatic carbocycles. The molecule has 2 N–H and O–H groups in total. The lowest BCUT2D eigenvalue weighted by atomic mass is 10.3. The molecular formula is C11H14N2S2. The molecule has 0 radical (unpaired) electrons. The van der Waals surface area contributed by atoms with Crippen molar-refractivity contribution >= 4 is 39.0 Å². The van der Waals surface area contributed by atoms with Gasteiger partial charge in [-0.2, -0.15) is 0 Å². The van der Waals surface area contributed by atoms with Crippen molar-refractivity contribution in [3.63, 3.8) is 0 Å². The lowest BCUT2D eigenvalue weighted by Crippen LogP contribution is -2.07. The van der Waals surface area contributed by atoms with Gasteiger partial charge in [-0.05, 0) is 12.1 Å². The van der Waals surface area contributed by atoms with E-state index < -0.39 is 0 Å². The first-order valence-electron chi connectivity index (χ1n) is 4.78. The number of nitrogen functional groups attached to an aromatic ring is 1. The van der Waals surface area contributed by atoms with E-state index in [4.69, 9.17) is 5.73 Å². The van der Waals surface area contributed by atoms with Gasteiger partial charge >= 0.3 is 0 Å². The van der Waals surface area contributed by atoms with Crippen LogP contribution in [0, 0.1) is 0 Å².